The van der Waals surface area contributed by atoms with Crippen LogP contribution in [0.2, 0.25) is 0 Å². The number of anilines is 1. The van der Waals surface area contributed by atoms with Gasteiger partial charge in [-0.15, -0.1) is 0 Å². The third kappa shape index (κ3) is 2.88. The van der Waals surface area contributed by atoms with Crippen molar-refractivity contribution in [2.75, 3.05) is 4.72 Å². The lowest BCUT2D eigenvalue weighted by molar-refractivity contribution is 0.597. The molecular formula is C9H7Br2N3O2S. The monoisotopic (exact) mass is 379 g/mol. The highest BCUT2D eigenvalue weighted by molar-refractivity contribution is 9.11. The maximum absolute atomic E-state index is 11.9. The second kappa shape index (κ2) is 4.79. The van der Waals surface area contributed by atoms with E-state index in [9.17, 15) is 8.42 Å². The molecule has 0 amide bonds. The van der Waals surface area contributed by atoms with E-state index in [2.05, 4.69) is 46.8 Å². The Labute approximate surface area is 115 Å². The molecular weight excluding hydrogens is 374 g/mol. The molecule has 2 aromatic rings. The topological polar surface area (TPSA) is 74.8 Å². The predicted octanol–water partition coefficient (Wildman–Crippen LogP) is 2.74. The Kier molecular flexibility index (Phi) is 3.55. The number of hydrogen-bond donors (Lipinski definition) is 2. The van der Waals surface area contributed by atoms with Crippen LogP contribution in [0.5, 0.6) is 0 Å². The van der Waals surface area contributed by atoms with Gasteiger partial charge in [-0.25, -0.2) is 0 Å². The van der Waals surface area contributed by atoms with Crippen LogP contribution in [0.1, 0.15) is 0 Å². The SMILES string of the molecule is O=S(=O)(Nc1cc(Br)ccc1Br)c1ccn[nH]1. The first-order chi connectivity index (χ1) is 7.99. The number of halogens is 2. The van der Waals surface area contributed by atoms with E-state index < -0.39 is 10.0 Å². The first-order valence-corrected chi connectivity index (χ1v) is 7.53. The average molecular weight is 381 g/mol. The molecule has 0 atom stereocenters. The van der Waals surface area contributed by atoms with E-state index in [0.29, 0.717) is 10.2 Å². The minimum absolute atomic E-state index is 0.0179. The van der Waals surface area contributed by atoms with Crippen molar-refractivity contribution in [1.29, 1.82) is 0 Å². The molecule has 0 bridgehead atoms. The molecule has 1 heterocycles. The Morgan fingerprint density at radius 1 is 1.24 bits per heavy atom. The lowest BCUT2D eigenvalue weighted by atomic mass is 10.3. The summed E-state index contributed by atoms with van der Waals surface area (Å²) in [4.78, 5) is 0. The van der Waals surface area contributed by atoms with Gasteiger partial charge in [0.15, 0.2) is 5.03 Å². The lowest BCUT2D eigenvalue weighted by Gasteiger charge is -2.08. The molecule has 0 unspecified atom stereocenters. The van der Waals surface area contributed by atoms with Gasteiger partial charge in [0.2, 0.25) is 0 Å². The number of nitrogens with zero attached hydrogens (tertiary/aromatic N) is 1. The van der Waals surface area contributed by atoms with Crippen molar-refractivity contribution >= 4 is 47.6 Å². The Balaban J connectivity index is 2.36. The molecule has 90 valence electrons. The molecule has 0 saturated heterocycles. The van der Waals surface area contributed by atoms with E-state index in [1.165, 1.54) is 12.3 Å². The standard InChI is InChI=1S/C9H7Br2N3O2S/c10-6-1-2-7(11)8(5-6)14-17(15,16)9-3-4-12-13-9/h1-5,14H,(H,12,13). The van der Waals surface area contributed by atoms with Gasteiger partial charge in [0.25, 0.3) is 10.0 Å². The molecule has 2 N–H and O–H groups in total. The number of H-pyrrole nitrogens is 1. The molecule has 1 aromatic carbocycles. The van der Waals surface area contributed by atoms with Crippen molar-refractivity contribution < 1.29 is 8.42 Å². The number of rotatable bonds is 3. The fourth-order valence-corrected chi connectivity index (χ4v) is 2.99. The molecule has 0 aliphatic heterocycles. The van der Waals surface area contributed by atoms with Crippen LogP contribution in [0.25, 0.3) is 0 Å². The molecule has 0 spiro atoms. The van der Waals surface area contributed by atoms with Gasteiger partial charge in [-0.3, -0.25) is 9.82 Å². The first kappa shape index (κ1) is 12.6. The van der Waals surface area contributed by atoms with E-state index in [1.54, 1.807) is 18.2 Å². The van der Waals surface area contributed by atoms with Crippen molar-refractivity contribution in [3.8, 4) is 0 Å². The van der Waals surface area contributed by atoms with Crippen molar-refractivity contribution in [3.05, 3.63) is 39.4 Å². The zero-order valence-electron chi connectivity index (χ0n) is 8.31. The van der Waals surface area contributed by atoms with E-state index in [-0.39, 0.29) is 5.03 Å². The van der Waals surface area contributed by atoms with E-state index in [4.69, 9.17) is 0 Å². The van der Waals surface area contributed by atoms with Gasteiger partial charge in [0, 0.05) is 8.95 Å². The smallest absolute Gasteiger partial charge is 0.277 e. The van der Waals surface area contributed by atoms with Gasteiger partial charge in [-0.05, 0) is 40.2 Å². The van der Waals surface area contributed by atoms with Gasteiger partial charge in [0.05, 0.1) is 11.9 Å². The van der Waals surface area contributed by atoms with E-state index in [0.717, 1.165) is 4.47 Å². The second-order valence-electron chi connectivity index (χ2n) is 3.15. The molecule has 0 aliphatic carbocycles. The van der Waals surface area contributed by atoms with Crippen LogP contribution < -0.4 is 4.72 Å². The summed E-state index contributed by atoms with van der Waals surface area (Å²) in [5, 5.41) is 6.03. The zero-order chi connectivity index (χ0) is 12.5. The summed E-state index contributed by atoms with van der Waals surface area (Å²) in [6, 6.07) is 6.60. The van der Waals surface area contributed by atoms with Crippen molar-refractivity contribution in [2.24, 2.45) is 0 Å². The highest BCUT2D eigenvalue weighted by atomic mass is 79.9. The number of hydrogen-bond acceptors (Lipinski definition) is 3. The summed E-state index contributed by atoms with van der Waals surface area (Å²) in [6.45, 7) is 0. The molecule has 8 heteroatoms. The fourth-order valence-electron chi connectivity index (χ4n) is 1.17. The Morgan fingerprint density at radius 3 is 2.65 bits per heavy atom. The number of nitrogens with one attached hydrogen (secondary N) is 2. The maximum Gasteiger partial charge on any atom is 0.278 e. The minimum atomic E-state index is -3.63. The second-order valence-corrected chi connectivity index (χ2v) is 6.57. The van der Waals surface area contributed by atoms with Gasteiger partial charge in [-0.1, -0.05) is 15.9 Å². The van der Waals surface area contributed by atoms with Crippen molar-refractivity contribution in [1.82, 2.24) is 10.2 Å². The normalized spacial score (nSPS) is 11.4. The summed E-state index contributed by atoms with van der Waals surface area (Å²) in [5.74, 6) is 0. The average Bonchev–Trinajstić information content (AvgIpc) is 2.77. The maximum atomic E-state index is 11.9. The van der Waals surface area contributed by atoms with Gasteiger partial charge in [-0.2, -0.15) is 13.5 Å². The van der Waals surface area contributed by atoms with Gasteiger partial charge < -0.3 is 0 Å². The van der Waals surface area contributed by atoms with Crippen LogP contribution in [0.3, 0.4) is 0 Å². The van der Waals surface area contributed by atoms with Crippen LogP contribution in [0.4, 0.5) is 5.69 Å². The quantitative estimate of drug-likeness (QED) is 0.859. The Bertz CT molecular complexity index is 626. The summed E-state index contributed by atoms with van der Waals surface area (Å²) in [5.41, 5.74) is 0.453. The van der Waals surface area contributed by atoms with Crippen LogP contribution >= 0.6 is 31.9 Å². The van der Waals surface area contributed by atoms with Crippen LogP contribution in [0.15, 0.2) is 44.4 Å². The molecule has 1 aromatic heterocycles. The van der Waals surface area contributed by atoms with Gasteiger partial charge in [0.1, 0.15) is 0 Å². The summed E-state index contributed by atoms with van der Waals surface area (Å²) < 4.78 is 27.7. The molecule has 0 radical (unpaired) electrons. The predicted molar refractivity (Wildman–Crippen MR) is 71.2 cm³/mol. The lowest BCUT2D eigenvalue weighted by Crippen LogP contribution is -2.13. The number of sulfonamides is 1. The minimum Gasteiger partial charge on any atom is -0.277 e. The van der Waals surface area contributed by atoms with Gasteiger partial charge >= 0.3 is 0 Å². The zero-order valence-corrected chi connectivity index (χ0v) is 12.3. The fraction of sp³-hybridized carbons (Fsp3) is 0. The van der Waals surface area contributed by atoms with Crippen LogP contribution in [0, 0.1) is 0 Å². The molecule has 0 fully saturated rings. The number of aromatic nitrogens is 2. The molecule has 17 heavy (non-hydrogen) atoms. The third-order valence-electron chi connectivity index (χ3n) is 1.94. The molecule has 0 saturated carbocycles. The Hall–Kier alpha value is -0.860. The highest BCUT2D eigenvalue weighted by Gasteiger charge is 2.16. The van der Waals surface area contributed by atoms with Crippen molar-refractivity contribution in [2.45, 2.75) is 5.03 Å². The van der Waals surface area contributed by atoms with Crippen molar-refractivity contribution in [3.63, 3.8) is 0 Å². The third-order valence-corrected chi connectivity index (χ3v) is 4.42. The summed E-state index contributed by atoms with van der Waals surface area (Å²) in [6.07, 6.45) is 1.38. The highest BCUT2D eigenvalue weighted by Crippen LogP contribution is 2.27. The van der Waals surface area contributed by atoms with Crippen LogP contribution in [-0.4, -0.2) is 18.6 Å². The number of benzene rings is 1. The van der Waals surface area contributed by atoms with E-state index >= 15 is 0 Å². The molecule has 2 rings (SSSR count). The molecule has 0 aliphatic rings. The number of aromatic amines is 1. The summed E-state index contributed by atoms with van der Waals surface area (Å²) in [7, 11) is -3.63. The summed E-state index contributed by atoms with van der Waals surface area (Å²) >= 11 is 6.55. The largest absolute Gasteiger partial charge is 0.278 e. The molecule has 5 nitrogen and oxygen atoms in total. The Morgan fingerprint density at radius 2 is 2.00 bits per heavy atom. The first-order valence-electron chi connectivity index (χ1n) is 4.46. The van der Waals surface area contributed by atoms with E-state index in [1.807, 2.05) is 0 Å². The van der Waals surface area contributed by atoms with Crippen LogP contribution in [-0.2, 0) is 10.0 Å².